The first-order valence-electron chi connectivity index (χ1n) is 5.59. The van der Waals surface area contributed by atoms with E-state index in [0.29, 0.717) is 0 Å². The topological polar surface area (TPSA) is 38.9 Å². The summed E-state index contributed by atoms with van der Waals surface area (Å²) < 4.78 is 0. The standard InChI is InChI=1S/C14H18N2/c1-14(2,3)13(15)11-8-9-16-12-7-5-4-6-10(11)12/h4-9,13H,15H2,1-3H3/t13-/m1/s1. The van der Waals surface area contributed by atoms with Gasteiger partial charge in [0.1, 0.15) is 0 Å². The van der Waals surface area contributed by atoms with E-state index in [-0.39, 0.29) is 11.5 Å². The lowest BCUT2D eigenvalue weighted by Crippen LogP contribution is -2.26. The number of hydrogen-bond acceptors (Lipinski definition) is 2. The van der Waals surface area contributed by atoms with Crippen LogP contribution in [0.2, 0.25) is 0 Å². The summed E-state index contributed by atoms with van der Waals surface area (Å²) in [5, 5.41) is 1.16. The largest absolute Gasteiger partial charge is 0.323 e. The second-order valence-electron chi connectivity index (χ2n) is 5.26. The summed E-state index contributed by atoms with van der Waals surface area (Å²) in [5.74, 6) is 0. The first-order chi connectivity index (χ1) is 7.50. The zero-order valence-electron chi connectivity index (χ0n) is 10.1. The third-order valence-electron chi connectivity index (χ3n) is 2.95. The average molecular weight is 214 g/mol. The molecule has 2 nitrogen and oxygen atoms in total. The molecule has 1 heterocycles. The van der Waals surface area contributed by atoms with Crippen molar-refractivity contribution in [2.24, 2.45) is 11.1 Å². The Morgan fingerprint density at radius 1 is 1.12 bits per heavy atom. The number of nitrogens with two attached hydrogens (primary N) is 1. The Labute approximate surface area is 96.5 Å². The van der Waals surface area contributed by atoms with Crippen molar-refractivity contribution in [3.8, 4) is 0 Å². The quantitative estimate of drug-likeness (QED) is 0.791. The molecule has 0 fully saturated rings. The Balaban J connectivity index is 2.61. The molecule has 2 rings (SSSR count). The number of pyridine rings is 1. The Morgan fingerprint density at radius 3 is 2.50 bits per heavy atom. The Kier molecular flexibility index (Phi) is 2.68. The highest BCUT2D eigenvalue weighted by atomic mass is 14.7. The molecule has 0 aliphatic heterocycles. The summed E-state index contributed by atoms with van der Waals surface area (Å²) in [7, 11) is 0. The van der Waals surface area contributed by atoms with Crippen molar-refractivity contribution in [3.63, 3.8) is 0 Å². The summed E-state index contributed by atoms with van der Waals surface area (Å²) in [6.45, 7) is 6.48. The van der Waals surface area contributed by atoms with Crippen LogP contribution in [0, 0.1) is 5.41 Å². The lowest BCUT2D eigenvalue weighted by Gasteiger charge is -2.28. The van der Waals surface area contributed by atoms with Gasteiger partial charge in [-0.25, -0.2) is 0 Å². The molecule has 1 aromatic heterocycles. The van der Waals surface area contributed by atoms with Crippen LogP contribution in [-0.4, -0.2) is 4.98 Å². The molecular formula is C14H18N2. The monoisotopic (exact) mass is 214 g/mol. The van der Waals surface area contributed by atoms with E-state index in [1.54, 1.807) is 0 Å². The van der Waals surface area contributed by atoms with Gasteiger partial charge in [-0.1, -0.05) is 39.0 Å². The van der Waals surface area contributed by atoms with Gasteiger partial charge >= 0.3 is 0 Å². The smallest absolute Gasteiger partial charge is 0.0705 e. The molecule has 2 N–H and O–H groups in total. The van der Waals surface area contributed by atoms with Crippen molar-refractivity contribution in [1.29, 1.82) is 0 Å². The molecule has 1 atom stereocenters. The summed E-state index contributed by atoms with van der Waals surface area (Å²) in [5.41, 5.74) is 8.56. The zero-order chi connectivity index (χ0) is 11.8. The number of para-hydroxylation sites is 1. The van der Waals surface area contributed by atoms with Crippen molar-refractivity contribution < 1.29 is 0 Å². The molecule has 0 aliphatic rings. The van der Waals surface area contributed by atoms with Crippen molar-refractivity contribution >= 4 is 10.9 Å². The molecule has 2 aromatic rings. The fourth-order valence-electron chi connectivity index (χ4n) is 1.86. The summed E-state index contributed by atoms with van der Waals surface area (Å²) in [6, 6.07) is 10.2. The molecule has 0 spiro atoms. The predicted octanol–water partition coefficient (Wildman–Crippen LogP) is 3.28. The maximum atomic E-state index is 6.31. The van der Waals surface area contributed by atoms with Crippen LogP contribution in [-0.2, 0) is 0 Å². The molecule has 2 heteroatoms. The van der Waals surface area contributed by atoms with Crippen LogP contribution < -0.4 is 5.73 Å². The van der Waals surface area contributed by atoms with E-state index in [2.05, 4.69) is 31.8 Å². The summed E-state index contributed by atoms with van der Waals surface area (Å²) >= 11 is 0. The highest BCUT2D eigenvalue weighted by Gasteiger charge is 2.23. The molecule has 0 amide bonds. The number of fused-ring (bicyclic) bond motifs is 1. The highest BCUT2D eigenvalue weighted by molar-refractivity contribution is 5.82. The van der Waals surface area contributed by atoms with Crippen LogP contribution in [0.5, 0.6) is 0 Å². The van der Waals surface area contributed by atoms with Gasteiger partial charge in [0.15, 0.2) is 0 Å². The number of rotatable bonds is 1. The normalized spacial score (nSPS) is 14.0. The van der Waals surface area contributed by atoms with E-state index in [4.69, 9.17) is 5.73 Å². The maximum absolute atomic E-state index is 6.31. The average Bonchev–Trinajstić information content (AvgIpc) is 2.26. The van der Waals surface area contributed by atoms with Crippen LogP contribution >= 0.6 is 0 Å². The van der Waals surface area contributed by atoms with Crippen LogP contribution in [0.3, 0.4) is 0 Å². The molecule has 0 unspecified atom stereocenters. The Morgan fingerprint density at radius 2 is 1.81 bits per heavy atom. The van der Waals surface area contributed by atoms with Crippen LogP contribution in [0.25, 0.3) is 10.9 Å². The molecule has 0 radical (unpaired) electrons. The van der Waals surface area contributed by atoms with E-state index < -0.39 is 0 Å². The van der Waals surface area contributed by atoms with E-state index in [1.807, 2.05) is 30.5 Å². The van der Waals surface area contributed by atoms with Gasteiger partial charge in [-0.2, -0.15) is 0 Å². The summed E-state index contributed by atoms with van der Waals surface area (Å²) in [4.78, 5) is 4.35. The van der Waals surface area contributed by atoms with E-state index in [9.17, 15) is 0 Å². The minimum absolute atomic E-state index is 0.0281. The number of aromatic nitrogens is 1. The summed E-state index contributed by atoms with van der Waals surface area (Å²) in [6.07, 6.45) is 1.84. The number of nitrogens with zero attached hydrogens (tertiary/aromatic N) is 1. The van der Waals surface area contributed by atoms with Crippen molar-refractivity contribution in [2.75, 3.05) is 0 Å². The van der Waals surface area contributed by atoms with Gasteiger partial charge in [-0.3, -0.25) is 4.98 Å². The highest BCUT2D eigenvalue weighted by Crippen LogP contribution is 2.33. The first kappa shape index (κ1) is 11.1. The van der Waals surface area contributed by atoms with Crippen molar-refractivity contribution in [2.45, 2.75) is 26.8 Å². The van der Waals surface area contributed by atoms with Gasteiger partial charge in [0.25, 0.3) is 0 Å². The van der Waals surface area contributed by atoms with Crippen molar-refractivity contribution in [3.05, 3.63) is 42.1 Å². The fraction of sp³-hybridized carbons (Fsp3) is 0.357. The van der Waals surface area contributed by atoms with Gasteiger partial charge in [-0.05, 0) is 23.1 Å². The predicted molar refractivity (Wildman–Crippen MR) is 68.1 cm³/mol. The first-order valence-corrected chi connectivity index (χ1v) is 5.59. The fourth-order valence-corrected chi connectivity index (χ4v) is 1.86. The number of hydrogen-bond donors (Lipinski definition) is 1. The maximum Gasteiger partial charge on any atom is 0.0705 e. The third kappa shape index (κ3) is 1.93. The van der Waals surface area contributed by atoms with Gasteiger partial charge < -0.3 is 5.73 Å². The Hall–Kier alpha value is -1.41. The molecule has 16 heavy (non-hydrogen) atoms. The van der Waals surface area contributed by atoms with Gasteiger partial charge in [0, 0.05) is 17.6 Å². The molecule has 0 bridgehead atoms. The van der Waals surface area contributed by atoms with Crippen molar-refractivity contribution in [1.82, 2.24) is 4.98 Å². The molecule has 0 saturated heterocycles. The Bertz CT molecular complexity index is 492. The SMILES string of the molecule is CC(C)(C)[C@H](N)c1ccnc2ccccc12. The number of benzene rings is 1. The third-order valence-corrected chi connectivity index (χ3v) is 2.95. The lowest BCUT2D eigenvalue weighted by atomic mass is 9.82. The van der Waals surface area contributed by atoms with E-state index >= 15 is 0 Å². The molecule has 1 aromatic carbocycles. The minimum atomic E-state index is 0.0281. The molecule has 84 valence electrons. The second-order valence-corrected chi connectivity index (χ2v) is 5.26. The zero-order valence-corrected chi connectivity index (χ0v) is 10.1. The van der Waals surface area contributed by atoms with Gasteiger partial charge in [0.2, 0.25) is 0 Å². The molecule has 0 saturated carbocycles. The molecular weight excluding hydrogens is 196 g/mol. The van der Waals surface area contributed by atoms with E-state index in [1.165, 1.54) is 5.56 Å². The van der Waals surface area contributed by atoms with Gasteiger partial charge in [0.05, 0.1) is 5.52 Å². The lowest BCUT2D eigenvalue weighted by molar-refractivity contribution is 0.328. The van der Waals surface area contributed by atoms with Crippen LogP contribution in [0.1, 0.15) is 32.4 Å². The van der Waals surface area contributed by atoms with Crippen LogP contribution in [0.15, 0.2) is 36.5 Å². The van der Waals surface area contributed by atoms with E-state index in [0.717, 1.165) is 10.9 Å². The molecule has 0 aliphatic carbocycles. The second kappa shape index (κ2) is 3.87. The van der Waals surface area contributed by atoms with Crippen LogP contribution in [0.4, 0.5) is 0 Å². The van der Waals surface area contributed by atoms with Gasteiger partial charge in [-0.15, -0.1) is 0 Å². The minimum Gasteiger partial charge on any atom is -0.323 e.